The Kier molecular flexibility index (Phi) is 1.59. The van der Waals surface area contributed by atoms with Gasteiger partial charge in [-0.25, -0.2) is 17.9 Å². The highest BCUT2D eigenvalue weighted by molar-refractivity contribution is 7.90. The minimum atomic E-state index is -3.24. The highest BCUT2D eigenvalue weighted by Crippen LogP contribution is 2.08. The number of hydrogen-bond acceptors (Lipinski definition) is 4. The van der Waals surface area contributed by atoms with Gasteiger partial charge in [-0.2, -0.15) is 5.10 Å². The van der Waals surface area contributed by atoms with Gasteiger partial charge in [0.2, 0.25) is 0 Å². The van der Waals surface area contributed by atoms with Crippen LogP contribution in [0.5, 0.6) is 0 Å². The normalized spacial score (nSPS) is 12.1. The van der Waals surface area contributed by atoms with Gasteiger partial charge in [0.1, 0.15) is 0 Å². The third-order valence-corrected chi connectivity index (χ3v) is 2.55. The summed E-state index contributed by atoms with van der Waals surface area (Å²) in [6.07, 6.45) is 4.36. The van der Waals surface area contributed by atoms with Crippen LogP contribution in [-0.4, -0.2) is 29.3 Å². The molecule has 0 unspecified atom stereocenters. The lowest BCUT2D eigenvalue weighted by Gasteiger charge is -1.87. The second-order valence-electron chi connectivity index (χ2n) is 2.68. The molecular weight excluding hydrogens is 190 g/mol. The summed E-state index contributed by atoms with van der Waals surface area (Å²) in [5.41, 5.74) is 0.530. The average molecular weight is 197 g/mol. The summed E-state index contributed by atoms with van der Waals surface area (Å²) >= 11 is 0. The van der Waals surface area contributed by atoms with Crippen LogP contribution in [-0.2, 0) is 9.84 Å². The Balaban J connectivity index is 2.77. The van der Waals surface area contributed by atoms with Crippen LogP contribution in [0.15, 0.2) is 29.6 Å². The van der Waals surface area contributed by atoms with E-state index in [4.69, 9.17) is 0 Å². The first-order valence-corrected chi connectivity index (χ1v) is 5.47. The summed E-state index contributed by atoms with van der Waals surface area (Å²) in [6, 6.07) is 3.13. The van der Waals surface area contributed by atoms with Crippen LogP contribution in [0.25, 0.3) is 5.65 Å². The highest BCUT2D eigenvalue weighted by Gasteiger charge is 2.11. The molecule has 2 aromatic heterocycles. The van der Waals surface area contributed by atoms with Gasteiger partial charge in [0.25, 0.3) is 0 Å². The van der Waals surface area contributed by atoms with Crippen molar-refractivity contribution >= 4 is 15.5 Å². The van der Waals surface area contributed by atoms with Crippen LogP contribution < -0.4 is 0 Å². The van der Waals surface area contributed by atoms with E-state index in [1.54, 1.807) is 18.5 Å². The number of fused-ring (bicyclic) bond motifs is 1. The summed E-state index contributed by atoms with van der Waals surface area (Å²) in [4.78, 5) is 3.95. The van der Waals surface area contributed by atoms with E-state index in [0.717, 1.165) is 6.26 Å². The molecule has 0 aromatic carbocycles. The minimum absolute atomic E-state index is 0.0474. The molecule has 6 heteroatoms. The van der Waals surface area contributed by atoms with Gasteiger partial charge < -0.3 is 0 Å². The number of sulfone groups is 1. The maximum absolute atomic E-state index is 11.1. The zero-order chi connectivity index (χ0) is 9.47. The lowest BCUT2D eigenvalue weighted by Crippen LogP contribution is -1.97. The second-order valence-corrected chi connectivity index (χ2v) is 4.64. The molecule has 0 atom stereocenters. The SMILES string of the molecule is CS(=O)(=O)c1cc2ncccn2n1. The van der Waals surface area contributed by atoms with Crippen LogP contribution in [0.4, 0.5) is 0 Å². The van der Waals surface area contributed by atoms with Gasteiger partial charge >= 0.3 is 0 Å². The molecular formula is C7H7N3O2S. The van der Waals surface area contributed by atoms with Crippen molar-refractivity contribution in [2.45, 2.75) is 5.03 Å². The van der Waals surface area contributed by atoms with Crippen molar-refractivity contribution < 1.29 is 8.42 Å². The molecule has 2 heterocycles. The van der Waals surface area contributed by atoms with E-state index >= 15 is 0 Å². The molecule has 0 amide bonds. The molecule has 2 rings (SSSR count). The monoisotopic (exact) mass is 197 g/mol. The van der Waals surface area contributed by atoms with E-state index in [0.29, 0.717) is 5.65 Å². The van der Waals surface area contributed by atoms with Crippen LogP contribution in [0.3, 0.4) is 0 Å². The highest BCUT2D eigenvalue weighted by atomic mass is 32.2. The van der Waals surface area contributed by atoms with Crippen molar-refractivity contribution in [3.8, 4) is 0 Å². The average Bonchev–Trinajstić information content (AvgIpc) is 2.45. The predicted octanol–water partition coefficient (Wildman–Crippen LogP) is 0.133. The second kappa shape index (κ2) is 2.53. The van der Waals surface area contributed by atoms with E-state index in [1.807, 2.05) is 0 Å². The van der Waals surface area contributed by atoms with Gasteiger partial charge in [-0.3, -0.25) is 0 Å². The molecule has 5 nitrogen and oxygen atoms in total. The van der Waals surface area contributed by atoms with Gasteiger partial charge in [-0.1, -0.05) is 0 Å². The summed E-state index contributed by atoms with van der Waals surface area (Å²) < 4.78 is 23.6. The fraction of sp³-hybridized carbons (Fsp3) is 0.143. The predicted molar refractivity (Wildman–Crippen MR) is 46.1 cm³/mol. The van der Waals surface area contributed by atoms with Crippen molar-refractivity contribution in [1.82, 2.24) is 14.6 Å². The molecule has 0 saturated heterocycles. The molecule has 0 bridgehead atoms. The maximum atomic E-state index is 11.1. The Hall–Kier alpha value is -1.43. The van der Waals surface area contributed by atoms with Gasteiger partial charge in [-0.05, 0) is 6.07 Å². The molecule has 0 spiro atoms. The number of rotatable bonds is 1. The molecule has 2 aromatic rings. The van der Waals surface area contributed by atoms with E-state index in [9.17, 15) is 8.42 Å². The summed E-state index contributed by atoms with van der Waals surface area (Å²) in [7, 11) is -3.24. The van der Waals surface area contributed by atoms with Crippen molar-refractivity contribution in [3.05, 3.63) is 24.5 Å². The van der Waals surface area contributed by atoms with Crippen molar-refractivity contribution in [2.75, 3.05) is 6.26 Å². The minimum Gasteiger partial charge on any atom is -0.237 e. The fourth-order valence-corrected chi connectivity index (χ4v) is 1.55. The number of aromatic nitrogens is 3. The van der Waals surface area contributed by atoms with Crippen molar-refractivity contribution in [1.29, 1.82) is 0 Å². The summed E-state index contributed by atoms with van der Waals surface area (Å²) in [5, 5.41) is 3.90. The van der Waals surface area contributed by atoms with Gasteiger partial charge in [0, 0.05) is 24.7 Å². The topological polar surface area (TPSA) is 64.3 Å². The standard InChI is InChI=1S/C7H7N3O2S/c1-13(11,12)7-5-6-8-3-2-4-10(6)9-7/h2-5H,1H3. The lowest BCUT2D eigenvalue weighted by atomic mass is 10.6. The smallest absolute Gasteiger partial charge is 0.194 e. The fourth-order valence-electron chi connectivity index (χ4n) is 0.990. The molecule has 0 aliphatic heterocycles. The lowest BCUT2D eigenvalue weighted by molar-refractivity contribution is 0.597. The first kappa shape index (κ1) is 8.18. The largest absolute Gasteiger partial charge is 0.237 e. The Bertz CT molecular complexity index is 511. The van der Waals surface area contributed by atoms with Crippen LogP contribution >= 0.6 is 0 Å². The number of nitrogens with zero attached hydrogens (tertiary/aromatic N) is 3. The molecule has 0 aliphatic carbocycles. The number of hydrogen-bond donors (Lipinski definition) is 0. The van der Waals surface area contributed by atoms with E-state index in [-0.39, 0.29) is 5.03 Å². The zero-order valence-corrected chi connectivity index (χ0v) is 7.69. The van der Waals surface area contributed by atoms with E-state index in [1.165, 1.54) is 10.6 Å². The van der Waals surface area contributed by atoms with Gasteiger partial charge in [-0.15, -0.1) is 0 Å². The molecule has 0 aliphatic rings. The molecule has 0 saturated carbocycles. The van der Waals surface area contributed by atoms with E-state index in [2.05, 4.69) is 10.1 Å². The molecule has 13 heavy (non-hydrogen) atoms. The molecule has 0 radical (unpaired) electrons. The Morgan fingerprint density at radius 1 is 1.46 bits per heavy atom. The first-order chi connectivity index (χ1) is 6.07. The molecule has 0 fully saturated rings. The van der Waals surface area contributed by atoms with E-state index < -0.39 is 9.84 Å². The quantitative estimate of drug-likeness (QED) is 0.652. The zero-order valence-electron chi connectivity index (χ0n) is 6.88. The van der Waals surface area contributed by atoms with Gasteiger partial charge in [0.05, 0.1) is 0 Å². The third kappa shape index (κ3) is 1.40. The Morgan fingerprint density at radius 3 is 2.85 bits per heavy atom. The summed E-state index contributed by atoms with van der Waals surface area (Å²) in [5.74, 6) is 0. The van der Waals surface area contributed by atoms with Gasteiger partial charge in [0.15, 0.2) is 20.5 Å². The Morgan fingerprint density at radius 2 is 2.23 bits per heavy atom. The van der Waals surface area contributed by atoms with Crippen LogP contribution in [0.2, 0.25) is 0 Å². The molecule has 0 N–H and O–H groups in total. The molecule has 68 valence electrons. The van der Waals surface area contributed by atoms with Crippen molar-refractivity contribution in [2.24, 2.45) is 0 Å². The van der Waals surface area contributed by atoms with Crippen LogP contribution in [0.1, 0.15) is 0 Å². The van der Waals surface area contributed by atoms with Crippen molar-refractivity contribution in [3.63, 3.8) is 0 Å². The summed E-state index contributed by atoms with van der Waals surface area (Å²) in [6.45, 7) is 0. The third-order valence-electron chi connectivity index (χ3n) is 1.59. The van der Waals surface area contributed by atoms with Crippen LogP contribution in [0, 0.1) is 0 Å². The maximum Gasteiger partial charge on any atom is 0.194 e. The Labute approximate surface area is 74.9 Å². The first-order valence-electron chi connectivity index (χ1n) is 3.58.